The summed E-state index contributed by atoms with van der Waals surface area (Å²) in [6.45, 7) is 2.97. The molecule has 1 aromatic rings. The number of hydrogen-bond acceptors (Lipinski definition) is 4. The average molecular weight is 263 g/mol. The third-order valence-electron chi connectivity index (χ3n) is 2.98. The summed E-state index contributed by atoms with van der Waals surface area (Å²) in [7, 11) is 0. The minimum atomic E-state index is -0.240. The maximum atomic E-state index is 11.7. The van der Waals surface area contributed by atoms with Crippen molar-refractivity contribution >= 4 is 17.4 Å². The lowest BCUT2D eigenvalue weighted by Crippen LogP contribution is -2.38. The molecule has 0 radical (unpaired) electrons. The van der Waals surface area contributed by atoms with Crippen LogP contribution in [0.15, 0.2) is 29.4 Å². The van der Waals surface area contributed by atoms with Gasteiger partial charge >= 0.3 is 6.03 Å². The van der Waals surface area contributed by atoms with Gasteiger partial charge in [-0.3, -0.25) is 0 Å². The van der Waals surface area contributed by atoms with E-state index >= 15 is 0 Å². The first-order valence-electron chi connectivity index (χ1n) is 6.13. The second kappa shape index (κ2) is 6.19. The molecule has 3 N–H and O–H groups in total. The van der Waals surface area contributed by atoms with Gasteiger partial charge in [0, 0.05) is 12.3 Å². The summed E-state index contributed by atoms with van der Waals surface area (Å²) in [4.78, 5) is 11.7. The van der Waals surface area contributed by atoms with Gasteiger partial charge in [-0.15, -0.1) is 0 Å². The van der Waals surface area contributed by atoms with Crippen molar-refractivity contribution in [3.63, 3.8) is 0 Å². The summed E-state index contributed by atoms with van der Waals surface area (Å²) in [6, 6.07) is 6.93. The Morgan fingerprint density at radius 3 is 2.74 bits per heavy atom. The van der Waals surface area contributed by atoms with E-state index in [0.29, 0.717) is 24.6 Å². The summed E-state index contributed by atoms with van der Waals surface area (Å²) in [5, 5.41) is 17.4. The zero-order chi connectivity index (χ0) is 13.7. The van der Waals surface area contributed by atoms with E-state index in [2.05, 4.69) is 15.8 Å². The first-order chi connectivity index (χ1) is 9.19. The van der Waals surface area contributed by atoms with Crippen molar-refractivity contribution in [2.24, 2.45) is 5.16 Å². The van der Waals surface area contributed by atoms with Crippen LogP contribution in [0.5, 0.6) is 0 Å². The number of nitrogens with zero attached hydrogens (tertiary/aromatic N) is 1. The van der Waals surface area contributed by atoms with Crippen LogP contribution in [0.25, 0.3) is 0 Å². The number of ether oxygens (including phenoxy) is 1. The molecule has 2 amide bonds. The maximum Gasteiger partial charge on any atom is 0.319 e. The minimum absolute atomic E-state index is 0.0861. The van der Waals surface area contributed by atoms with Crippen molar-refractivity contribution in [3.8, 4) is 0 Å². The molecule has 0 aliphatic carbocycles. The molecule has 1 unspecified atom stereocenters. The third-order valence-corrected chi connectivity index (χ3v) is 2.98. The van der Waals surface area contributed by atoms with Gasteiger partial charge in [0.2, 0.25) is 0 Å². The molecular weight excluding hydrogens is 246 g/mol. The largest absolute Gasteiger partial charge is 0.411 e. The van der Waals surface area contributed by atoms with Gasteiger partial charge < -0.3 is 20.6 Å². The molecule has 2 rings (SSSR count). The van der Waals surface area contributed by atoms with Gasteiger partial charge in [-0.25, -0.2) is 4.79 Å². The van der Waals surface area contributed by atoms with Gasteiger partial charge in [-0.05, 0) is 31.0 Å². The van der Waals surface area contributed by atoms with Gasteiger partial charge in [-0.2, -0.15) is 0 Å². The number of nitrogens with one attached hydrogen (secondary N) is 2. The van der Waals surface area contributed by atoms with E-state index in [1.165, 1.54) is 0 Å². The number of benzene rings is 1. The topological polar surface area (TPSA) is 83.0 Å². The lowest BCUT2D eigenvalue weighted by atomic mass is 10.1. The van der Waals surface area contributed by atoms with Crippen molar-refractivity contribution in [2.45, 2.75) is 19.4 Å². The first-order valence-corrected chi connectivity index (χ1v) is 6.13. The van der Waals surface area contributed by atoms with Crippen LogP contribution in [0.3, 0.4) is 0 Å². The fourth-order valence-corrected chi connectivity index (χ4v) is 1.85. The summed E-state index contributed by atoms with van der Waals surface area (Å²) in [5.74, 6) is 0. The molecule has 1 aromatic carbocycles. The number of carbonyl (C=O) groups is 1. The van der Waals surface area contributed by atoms with Crippen LogP contribution in [-0.4, -0.2) is 36.2 Å². The number of hydrogen-bond donors (Lipinski definition) is 3. The lowest BCUT2D eigenvalue weighted by Gasteiger charge is -2.12. The fraction of sp³-hybridized carbons (Fsp3) is 0.385. The Morgan fingerprint density at radius 1 is 1.42 bits per heavy atom. The Balaban J connectivity index is 1.90. The molecule has 6 heteroatoms. The van der Waals surface area contributed by atoms with E-state index in [1.807, 2.05) is 0 Å². The van der Waals surface area contributed by atoms with Crippen LogP contribution in [0.4, 0.5) is 10.5 Å². The van der Waals surface area contributed by atoms with Crippen molar-refractivity contribution < 1.29 is 14.7 Å². The van der Waals surface area contributed by atoms with Crippen molar-refractivity contribution in [1.29, 1.82) is 0 Å². The fourth-order valence-electron chi connectivity index (χ4n) is 1.85. The first kappa shape index (κ1) is 13.4. The van der Waals surface area contributed by atoms with Gasteiger partial charge in [0.25, 0.3) is 0 Å². The highest BCUT2D eigenvalue weighted by molar-refractivity contribution is 5.99. The predicted octanol–water partition coefficient (Wildman–Crippen LogP) is 1.80. The van der Waals surface area contributed by atoms with Gasteiger partial charge in [0.15, 0.2) is 0 Å². The Bertz CT molecular complexity index is 465. The highest BCUT2D eigenvalue weighted by Crippen LogP contribution is 2.11. The molecule has 1 fully saturated rings. The quantitative estimate of drug-likeness (QED) is 0.441. The van der Waals surface area contributed by atoms with Crippen molar-refractivity contribution in [2.75, 3.05) is 18.5 Å². The average Bonchev–Trinajstić information content (AvgIpc) is 2.91. The Kier molecular flexibility index (Phi) is 4.35. The number of urea groups is 1. The van der Waals surface area contributed by atoms with Crippen LogP contribution < -0.4 is 10.6 Å². The molecule has 19 heavy (non-hydrogen) atoms. The van der Waals surface area contributed by atoms with E-state index in [0.717, 1.165) is 12.0 Å². The molecule has 1 aliphatic rings. The molecule has 0 spiro atoms. The molecular formula is C13H17N3O3. The molecule has 6 nitrogen and oxygen atoms in total. The zero-order valence-electron chi connectivity index (χ0n) is 10.7. The molecule has 0 saturated carbocycles. The number of rotatable bonds is 3. The highest BCUT2D eigenvalue weighted by Gasteiger charge is 2.17. The van der Waals surface area contributed by atoms with Gasteiger partial charge in [0.05, 0.1) is 18.4 Å². The maximum absolute atomic E-state index is 11.7. The molecule has 1 aliphatic heterocycles. The van der Waals surface area contributed by atoms with E-state index in [-0.39, 0.29) is 12.1 Å². The monoisotopic (exact) mass is 263 g/mol. The van der Waals surface area contributed by atoms with Crippen molar-refractivity contribution in [3.05, 3.63) is 29.8 Å². The molecule has 1 saturated heterocycles. The number of oxime groups is 1. The summed E-state index contributed by atoms with van der Waals surface area (Å²) >= 11 is 0. The minimum Gasteiger partial charge on any atom is -0.411 e. The van der Waals surface area contributed by atoms with E-state index in [4.69, 9.17) is 9.94 Å². The molecule has 1 heterocycles. The van der Waals surface area contributed by atoms with Crippen LogP contribution >= 0.6 is 0 Å². The second-order valence-corrected chi connectivity index (χ2v) is 4.42. The standard InChI is InChI=1S/C13H17N3O3/c1-9(16-18)10-2-4-11(5-3-10)14-13(17)15-12-6-7-19-8-12/h2-5,12,18H,6-8H2,1H3,(H2,14,15,17). The van der Waals surface area contributed by atoms with Crippen LogP contribution in [0, 0.1) is 0 Å². The molecule has 0 aromatic heterocycles. The summed E-state index contributed by atoms with van der Waals surface area (Å²) in [5.41, 5.74) is 2.02. The predicted molar refractivity (Wildman–Crippen MR) is 71.8 cm³/mol. The Labute approximate surface area is 111 Å². The zero-order valence-corrected chi connectivity index (χ0v) is 10.7. The van der Waals surface area contributed by atoms with E-state index in [9.17, 15) is 4.79 Å². The SMILES string of the molecule is CC(=NO)c1ccc(NC(=O)NC2CCOC2)cc1. The molecule has 1 atom stereocenters. The number of amides is 2. The second-order valence-electron chi connectivity index (χ2n) is 4.42. The van der Waals surface area contributed by atoms with Crippen LogP contribution in [0.1, 0.15) is 18.9 Å². The third kappa shape index (κ3) is 3.69. The summed E-state index contributed by atoms with van der Waals surface area (Å²) < 4.78 is 5.18. The van der Waals surface area contributed by atoms with E-state index in [1.54, 1.807) is 31.2 Å². The Hall–Kier alpha value is -2.08. The smallest absolute Gasteiger partial charge is 0.319 e. The van der Waals surface area contributed by atoms with E-state index < -0.39 is 0 Å². The lowest BCUT2D eigenvalue weighted by molar-refractivity contribution is 0.189. The number of carbonyl (C=O) groups excluding carboxylic acids is 1. The van der Waals surface area contributed by atoms with Gasteiger partial charge in [-0.1, -0.05) is 17.3 Å². The van der Waals surface area contributed by atoms with Gasteiger partial charge in [0.1, 0.15) is 0 Å². The number of anilines is 1. The summed E-state index contributed by atoms with van der Waals surface area (Å²) in [6.07, 6.45) is 0.846. The normalized spacial score (nSPS) is 19.2. The van der Waals surface area contributed by atoms with Crippen LogP contribution in [-0.2, 0) is 4.74 Å². The molecule has 102 valence electrons. The van der Waals surface area contributed by atoms with Crippen LogP contribution in [0.2, 0.25) is 0 Å². The molecule has 0 bridgehead atoms. The highest BCUT2D eigenvalue weighted by atomic mass is 16.5. The van der Waals surface area contributed by atoms with Crippen molar-refractivity contribution in [1.82, 2.24) is 5.32 Å². The Morgan fingerprint density at radius 2 is 2.16 bits per heavy atom.